The normalized spacial score (nSPS) is 15.0. The van der Waals surface area contributed by atoms with Gasteiger partial charge in [-0.15, -0.1) is 0 Å². The van der Waals surface area contributed by atoms with E-state index in [9.17, 15) is 22.8 Å². The van der Waals surface area contributed by atoms with Gasteiger partial charge < -0.3 is 9.80 Å². The second kappa shape index (κ2) is 7.19. The van der Waals surface area contributed by atoms with Crippen LogP contribution in [-0.2, 0) is 6.18 Å². The van der Waals surface area contributed by atoms with Crippen molar-refractivity contribution in [2.75, 3.05) is 26.2 Å². The van der Waals surface area contributed by atoms with E-state index in [1.54, 1.807) is 29.2 Å². The van der Waals surface area contributed by atoms with Crippen molar-refractivity contribution < 1.29 is 22.8 Å². The Kier molecular flexibility index (Phi) is 4.97. The molecule has 3 rings (SSSR count). The number of hydrogen-bond acceptors (Lipinski definition) is 2. The molecular formula is C19H17F3N2O2. The van der Waals surface area contributed by atoms with E-state index in [4.69, 9.17) is 0 Å². The first kappa shape index (κ1) is 18.0. The fourth-order valence-electron chi connectivity index (χ4n) is 2.96. The summed E-state index contributed by atoms with van der Waals surface area (Å²) in [4.78, 5) is 27.9. The molecule has 1 fully saturated rings. The molecule has 7 heteroatoms. The van der Waals surface area contributed by atoms with E-state index >= 15 is 0 Å². The van der Waals surface area contributed by atoms with Gasteiger partial charge in [-0.25, -0.2) is 0 Å². The lowest BCUT2D eigenvalue weighted by Crippen LogP contribution is -2.50. The van der Waals surface area contributed by atoms with Gasteiger partial charge in [0.2, 0.25) is 0 Å². The fraction of sp³-hybridized carbons (Fsp3) is 0.263. The van der Waals surface area contributed by atoms with E-state index in [-0.39, 0.29) is 37.6 Å². The van der Waals surface area contributed by atoms with Crippen molar-refractivity contribution in [2.45, 2.75) is 6.18 Å². The Morgan fingerprint density at radius 1 is 0.731 bits per heavy atom. The van der Waals surface area contributed by atoms with Crippen molar-refractivity contribution in [3.8, 4) is 0 Å². The molecule has 1 heterocycles. The standard InChI is InChI=1S/C19H17F3N2O2/c20-19(21,22)16-9-5-4-8-15(16)18(26)24-12-10-23(11-13-24)17(25)14-6-2-1-3-7-14/h1-9H,10-13H2. The highest BCUT2D eigenvalue weighted by molar-refractivity contribution is 5.97. The first-order valence-corrected chi connectivity index (χ1v) is 8.18. The summed E-state index contributed by atoms with van der Waals surface area (Å²) in [5.74, 6) is -0.807. The Morgan fingerprint density at radius 3 is 1.81 bits per heavy atom. The molecule has 2 amide bonds. The summed E-state index contributed by atoms with van der Waals surface area (Å²) in [6.07, 6.45) is -4.59. The maximum Gasteiger partial charge on any atom is 0.417 e. The van der Waals surface area contributed by atoms with Crippen molar-refractivity contribution in [3.63, 3.8) is 0 Å². The van der Waals surface area contributed by atoms with Gasteiger partial charge in [-0.3, -0.25) is 9.59 Å². The summed E-state index contributed by atoms with van der Waals surface area (Å²) in [6, 6.07) is 13.5. The predicted molar refractivity (Wildman–Crippen MR) is 89.7 cm³/mol. The first-order valence-electron chi connectivity index (χ1n) is 8.18. The molecule has 0 unspecified atom stereocenters. The molecule has 1 saturated heterocycles. The molecule has 26 heavy (non-hydrogen) atoms. The van der Waals surface area contributed by atoms with Crippen molar-refractivity contribution in [1.82, 2.24) is 9.80 Å². The minimum Gasteiger partial charge on any atom is -0.335 e. The number of rotatable bonds is 2. The van der Waals surface area contributed by atoms with Crippen LogP contribution in [0.25, 0.3) is 0 Å². The van der Waals surface area contributed by atoms with E-state index < -0.39 is 17.6 Å². The SMILES string of the molecule is O=C(c1ccccc1)N1CCN(C(=O)c2ccccc2C(F)(F)F)CC1. The van der Waals surface area contributed by atoms with E-state index in [1.165, 1.54) is 23.1 Å². The number of hydrogen-bond donors (Lipinski definition) is 0. The van der Waals surface area contributed by atoms with Gasteiger partial charge in [0.15, 0.2) is 0 Å². The molecule has 4 nitrogen and oxygen atoms in total. The Balaban J connectivity index is 1.69. The third-order valence-corrected chi connectivity index (χ3v) is 4.34. The Hall–Kier alpha value is -2.83. The van der Waals surface area contributed by atoms with E-state index in [1.807, 2.05) is 6.07 Å². The third-order valence-electron chi connectivity index (χ3n) is 4.34. The summed E-state index contributed by atoms with van der Waals surface area (Å²) < 4.78 is 39.3. The number of halogens is 3. The maximum absolute atomic E-state index is 13.1. The molecule has 0 atom stereocenters. The number of benzene rings is 2. The number of nitrogens with zero attached hydrogens (tertiary/aromatic N) is 2. The van der Waals surface area contributed by atoms with Crippen LogP contribution < -0.4 is 0 Å². The average molecular weight is 362 g/mol. The number of amides is 2. The Morgan fingerprint density at radius 2 is 1.23 bits per heavy atom. The monoisotopic (exact) mass is 362 g/mol. The van der Waals surface area contributed by atoms with Gasteiger partial charge >= 0.3 is 6.18 Å². The van der Waals surface area contributed by atoms with E-state index in [2.05, 4.69) is 0 Å². The third kappa shape index (κ3) is 3.71. The molecule has 0 radical (unpaired) electrons. The first-order chi connectivity index (χ1) is 12.4. The number of carbonyl (C=O) groups excluding carboxylic acids is 2. The van der Waals surface area contributed by atoms with Gasteiger partial charge in [-0.2, -0.15) is 13.2 Å². The fourth-order valence-corrected chi connectivity index (χ4v) is 2.96. The van der Waals surface area contributed by atoms with Crippen LogP contribution in [0.5, 0.6) is 0 Å². The van der Waals surface area contributed by atoms with Crippen LogP contribution in [0.2, 0.25) is 0 Å². The highest BCUT2D eigenvalue weighted by Crippen LogP contribution is 2.32. The molecule has 0 N–H and O–H groups in total. The van der Waals surface area contributed by atoms with Crippen molar-refractivity contribution in [3.05, 3.63) is 71.3 Å². The molecular weight excluding hydrogens is 345 g/mol. The molecule has 0 aromatic heterocycles. The highest BCUT2D eigenvalue weighted by Gasteiger charge is 2.36. The summed E-state index contributed by atoms with van der Waals surface area (Å²) in [7, 11) is 0. The molecule has 1 aliphatic heterocycles. The topological polar surface area (TPSA) is 40.6 Å². The number of alkyl halides is 3. The molecule has 0 spiro atoms. The molecule has 2 aromatic rings. The van der Waals surface area contributed by atoms with Crippen LogP contribution in [-0.4, -0.2) is 47.8 Å². The summed E-state index contributed by atoms with van der Waals surface area (Å²) in [6.45, 7) is 0.967. The zero-order valence-electron chi connectivity index (χ0n) is 13.9. The van der Waals surface area contributed by atoms with Gasteiger partial charge in [-0.05, 0) is 24.3 Å². The van der Waals surface area contributed by atoms with Crippen LogP contribution in [0.3, 0.4) is 0 Å². The zero-order chi connectivity index (χ0) is 18.7. The van der Waals surface area contributed by atoms with Crippen LogP contribution in [0, 0.1) is 0 Å². The van der Waals surface area contributed by atoms with Gasteiger partial charge in [0.1, 0.15) is 0 Å². The minimum atomic E-state index is -4.59. The van der Waals surface area contributed by atoms with Crippen LogP contribution in [0.4, 0.5) is 13.2 Å². The van der Waals surface area contributed by atoms with Crippen LogP contribution >= 0.6 is 0 Å². The Bertz CT molecular complexity index is 798. The van der Waals surface area contributed by atoms with Crippen molar-refractivity contribution >= 4 is 11.8 Å². The van der Waals surface area contributed by atoms with Gasteiger partial charge in [0.25, 0.3) is 11.8 Å². The van der Waals surface area contributed by atoms with Gasteiger partial charge in [0, 0.05) is 31.7 Å². The zero-order valence-corrected chi connectivity index (χ0v) is 13.9. The van der Waals surface area contributed by atoms with E-state index in [0.29, 0.717) is 5.56 Å². The lowest BCUT2D eigenvalue weighted by atomic mass is 10.1. The largest absolute Gasteiger partial charge is 0.417 e. The second-order valence-electron chi connectivity index (χ2n) is 5.99. The van der Waals surface area contributed by atoms with Gasteiger partial charge in [-0.1, -0.05) is 30.3 Å². The number of piperazine rings is 1. The van der Waals surface area contributed by atoms with Crippen molar-refractivity contribution in [1.29, 1.82) is 0 Å². The van der Waals surface area contributed by atoms with Crippen LogP contribution in [0.1, 0.15) is 26.3 Å². The lowest BCUT2D eigenvalue weighted by Gasteiger charge is -2.35. The second-order valence-corrected chi connectivity index (χ2v) is 5.99. The maximum atomic E-state index is 13.1. The summed E-state index contributed by atoms with van der Waals surface area (Å²) in [5.41, 5.74) is -0.745. The molecule has 0 saturated carbocycles. The van der Waals surface area contributed by atoms with Crippen molar-refractivity contribution in [2.24, 2.45) is 0 Å². The smallest absolute Gasteiger partial charge is 0.335 e. The van der Waals surface area contributed by atoms with Gasteiger partial charge in [0.05, 0.1) is 11.1 Å². The summed E-state index contributed by atoms with van der Waals surface area (Å²) >= 11 is 0. The Labute approximate surface area is 148 Å². The summed E-state index contributed by atoms with van der Waals surface area (Å²) in [5, 5.41) is 0. The minimum absolute atomic E-state index is 0.145. The lowest BCUT2D eigenvalue weighted by molar-refractivity contribution is -0.138. The number of carbonyl (C=O) groups is 2. The molecule has 0 aliphatic carbocycles. The molecule has 136 valence electrons. The quantitative estimate of drug-likeness (QED) is 0.823. The van der Waals surface area contributed by atoms with E-state index in [0.717, 1.165) is 6.07 Å². The highest BCUT2D eigenvalue weighted by atomic mass is 19.4. The molecule has 0 bridgehead atoms. The molecule has 2 aromatic carbocycles. The average Bonchev–Trinajstić information content (AvgIpc) is 2.67. The molecule has 1 aliphatic rings. The predicted octanol–water partition coefficient (Wildman–Crippen LogP) is 3.30. The van der Waals surface area contributed by atoms with Crippen LogP contribution in [0.15, 0.2) is 54.6 Å².